The standard InChI is InChI=1S/C25H29N3OS.BrH/c1-28-21-15-9-8-14-20(21)23(19-12-6-3-7-13-19)27-24(25(28)30)26-22(29)17-16-18-10-4-2-5-11-18;/h3,6-9,12-15,18,24H,2,4-5,10-11,16-17H2,1H3,(H,26,29);1H. The Labute approximate surface area is 200 Å². The Balaban J connectivity index is 0.00000272. The lowest BCUT2D eigenvalue weighted by Gasteiger charge is -2.24. The topological polar surface area (TPSA) is 44.7 Å². The lowest BCUT2D eigenvalue weighted by molar-refractivity contribution is -0.121. The number of benzodiazepines with no additional fused rings is 1. The van der Waals surface area contributed by atoms with E-state index >= 15 is 0 Å². The number of aliphatic imine (C=N–C) groups is 1. The van der Waals surface area contributed by atoms with Crippen molar-refractivity contribution in [1.82, 2.24) is 5.32 Å². The largest absolute Gasteiger partial charge is 0.335 e. The highest BCUT2D eigenvalue weighted by Crippen LogP contribution is 2.29. The van der Waals surface area contributed by atoms with Crippen LogP contribution in [0.15, 0.2) is 59.6 Å². The molecule has 31 heavy (non-hydrogen) atoms. The van der Waals surface area contributed by atoms with Crippen molar-refractivity contribution < 1.29 is 4.79 Å². The van der Waals surface area contributed by atoms with Crippen LogP contribution >= 0.6 is 29.2 Å². The Morgan fingerprint density at radius 1 is 1.06 bits per heavy atom. The predicted molar refractivity (Wildman–Crippen MR) is 138 cm³/mol. The van der Waals surface area contributed by atoms with Crippen molar-refractivity contribution >= 4 is 51.5 Å². The average molecular weight is 501 g/mol. The summed E-state index contributed by atoms with van der Waals surface area (Å²) in [5.74, 6) is 0.712. The third kappa shape index (κ3) is 5.60. The highest BCUT2D eigenvalue weighted by molar-refractivity contribution is 8.93. The average Bonchev–Trinajstić information content (AvgIpc) is 2.90. The number of hydrogen-bond acceptors (Lipinski definition) is 3. The molecule has 1 fully saturated rings. The molecule has 1 aliphatic carbocycles. The van der Waals surface area contributed by atoms with Crippen LogP contribution in [0.5, 0.6) is 0 Å². The molecular formula is C25H30BrN3OS. The van der Waals surface area contributed by atoms with E-state index in [1.165, 1.54) is 32.1 Å². The van der Waals surface area contributed by atoms with Gasteiger partial charge < -0.3 is 10.2 Å². The van der Waals surface area contributed by atoms with Crippen LogP contribution < -0.4 is 10.2 Å². The summed E-state index contributed by atoms with van der Waals surface area (Å²) in [6.45, 7) is 0. The van der Waals surface area contributed by atoms with Gasteiger partial charge in [-0.1, -0.05) is 92.9 Å². The van der Waals surface area contributed by atoms with Crippen LogP contribution in [0.25, 0.3) is 0 Å². The fourth-order valence-electron chi connectivity index (χ4n) is 4.48. The fourth-order valence-corrected chi connectivity index (χ4v) is 4.69. The van der Waals surface area contributed by atoms with Gasteiger partial charge in [0.15, 0.2) is 6.17 Å². The normalized spacial score (nSPS) is 19.0. The van der Waals surface area contributed by atoms with Crippen molar-refractivity contribution in [3.8, 4) is 0 Å². The van der Waals surface area contributed by atoms with Gasteiger partial charge in [-0.25, -0.2) is 0 Å². The number of fused-ring (bicyclic) bond motifs is 1. The van der Waals surface area contributed by atoms with Crippen LogP contribution in [0.2, 0.25) is 0 Å². The quantitative estimate of drug-likeness (QED) is 0.538. The molecule has 1 N–H and O–H groups in total. The van der Waals surface area contributed by atoms with Crippen LogP contribution in [-0.4, -0.2) is 29.8 Å². The SMILES string of the molecule is Br.CN1C(=S)C(NC(=O)CCC2CCCCC2)N=C(c2ccccc2)c2ccccc21. The van der Waals surface area contributed by atoms with E-state index in [1.807, 2.05) is 60.5 Å². The van der Waals surface area contributed by atoms with Gasteiger partial charge in [-0.2, -0.15) is 0 Å². The molecule has 1 unspecified atom stereocenters. The molecular weight excluding hydrogens is 470 g/mol. The van der Waals surface area contributed by atoms with Crippen molar-refractivity contribution in [2.24, 2.45) is 10.9 Å². The number of halogens is 1. The van der Waals surface area contributed by atoms with Gasteiger partial charge in [-0.3, -0.25) is 9.79 Å². The molecule has 6 heteroatoms. The van der Waals surface area contributed by atoms with E-state index in [0.717, 1.165) is 28.9 Å². The number of nitrogens with zero attached hydrogens (tertiary/aromatic N) is 2. The number of para-hydroxylation sites is 1. The summed E-state index contributed by atoms with van der Waals surface area (Å²) in [7, 11) is 1.95. The highest BCUT2D eigenvalue weighted by atomic mass is 79.9. The van der Waals surface area contributed by atoms with Gasteiger partial charge in [0.1, 0.15) is 4.99 Å². The zero-order valence-electron chi connectivity index (χ0n) is 17.9. The molecule has 1 atom stereocenters. The van der Waals surface area contributed by atoms with Gasteiger partial charge in [0.25, 0.3) is 0 Å². The summed E-state index contributed by atoms with van der Waals surface area (Å²) in [6.07, 6.45) is 7.38. The number of anilines is 1. The fraction of sp³-hybridized carbons (Fsp3) is 0.400. The molecule has 0 radical (unpaired) electrons. The molecule has 1 saturated carbocycles. The maximum absolute atomic E-state index is 12.8. The van der Waals surface area contributed by atoms with E-state index in [9.17, 15) is 4.79 Å². The predicted octanol–water partition coefficient (Wildman–Crippen LogP) is 5.68. The zero-order chi connectivity index (χ0) is 20.9. The summed E-state index contributed by atoms with van der Waals surface area (Å²) in [5.41, 5.74) is 3.90. The number of thiocarbonyl (C=S) groups is 1. The molecule has 0 spiro atoms. The highest BCUT2D eigenvalue weighted by Gasteiger charge is 2.28. The van der Waals surface area contributed by atoms with Crippen LogP contribution in [0.4, 0.5) is 5.69 Å². The first kappa shape index (κ1) is 23.6. The monoisotopic (exact) mass is 499 g/mol. The van der Waals surface area contributed by atoms with Crippen LogP contribution in [0.1, 0.15) is 56.1 Å². The third-order valence-electron chi connectivity index (χ3n) is 6.19. The molecule has 0 saturated heterocycles. The summed E-state index contributed by atoms with van der Waals surface area (Å²) in [5, 5.41) is 3.10. The summed E-state index contributed by atoms with van der Waals surface area (Å²) in [6, 6.07) is 18.2. The van der Waals surface area contributed by atoms with Crippen molar-refractivity contribution in [2.45, 2.75) is 51.1 Å². The Bertz CT molecular complexity index is 941. The minimum absolute atomic E-state index is 0. The number of amides is 1. The van der Waals surface area contributed by atoms with Gasteiger partial charge in [0, 0.05) is 24.6 Å². The van der Waals surface area contributed by atoms with Gasteiger partial charge >= 0.3 is 0 Å². The molecule has 2 aliphatic rings. The summed E-state index contributed by atoms with van der Waals surface area (Å²) >= 11 is 5.75. The van der Waals surface area contributed by atoms with Crippen molar-refractivity contribution in [1.29, 1.82) is 0 Å². The van der Waals surface area contributed by atoms with Crippen LogP contribution in [0, 0.1) is 5.92 Å². The maximum atomic E-state index is 12.8. The first-order valence-corrected chi connectivity index (χ1v) is 11.3. The summed E-state index contributed by atoms with van der Waals surface area (Å²) in [4.78, 5) is 20.3. The van der Waals surface area contributed by atoms with E-state index in [-0.39, 0.29) is 22.9 Å². The Hall–Kier alpha value is -2.05. The number of carbonyl (C=O) groups excluding carboxylic acids is 1. The van der Waals surface area contributed by atoms with Crippen LogP contribution in [0.3, 0.4) is 0 Å². The molecule has 0 aromatic heterocycles. The summed E-state index contributed by atoms with van der Waals surface area (Å²) < 4.78 is 0. The zero-order valence-corrected chi connectivity index (χ0v) is 20.4. The molecule has 0 bridgehead atoms. The van der Waals surface area contributed by atoms with Gasteiger partial charge in [0.2, 0.25) is 5.91 Å². The van der Waals surface area contributed by atoms with Gasteiger partial charge in [-0.05, 0) is 18.4 Å². The second-order valence-electron chi connectivity index (χ2n) is 8.27. The molecule has 1 heterocycles. The van der Waals surface area contributed by atoms with Gasteiger partial charge in [0.05, 0.1) is 11.4 Å². The number of nitrogens with one attached hydrogen (secondary N) is 1. The molecule has 164 valence electrons. The van der Waals surface area contributed by atoms with Crippen LogP contribution in [-0.2, 0) is 4.79 Å². The molecule has 2 aromatic carbocycles. The second kappa shape index (κ2) is 11.0. The lowest BCUT2D eigenvalue weighted by atomic mass is 9.86. The van der Waals surface area contributed by atoms with Crippen molar-refractivity contribution in [3.63, 3.8) is 0 Å². The van der Waals surface area contributed by atoms with E-state index in [4.69, 9.17) is 17.2 Å². The molecule has 2 aromatic rings. The number of rotatable bonds is 5. The molecule has 1 aliphatic heterocycles. The smallest absolute Gasteiger partial charge is 0.221 e. The van der Waals surface area contributed by atoms with Crippen molar-refractivity contribution in [2.75, 3.05) is 11.9 Å². The Morgan fingerprint density at radius 2 is 1.74 bits per heavy atom. The molecule has 4 nitrogen and oxygen atoms in total. The lowest BCUT2D eigenvalue weighted by Crippen LogP contribution is -2.45. The van der Waals surface area contributed by atoms with Crippen molar-refractivity contribution in [3.05, 3.63) is 65.7 Å². The molecule has 1 amide bonds. The molecule has 4 rings (SSSR count). The first-order valence-electron chi connectivity index (χ1n) is 10.9. The third-order valence-corrected chi connectivity index (χ3v) is 6.69. The number of likely N-dealkylation sites (N-methyl/N-ethyl adjacent to an activating group) is 1. The Morgan fingerprint density at radius 3 is 2.48 bits per heavy atom. The maximum Gasteiger partial charge on any atom is 0.221 e. The minimum Gasteiger partial charge on any atom is -0.335 e. The second-order valence-corrected chi connectivity index (χ2v) is 8.69. The number of carbonyl (C=O) groups is 1. The number of benzene rings is 2. The van der Waals surface area contributed by atoms with Gasteiger partial charge in [-0.15, -0.1) is 17.0 Å². The first-order chi connectivity index (χ1) is 14.6. The number of hydrogen-bond donors (Lipinski definition) is 1. The minimum atomic E-state index is -0.550. The Kier molecular flexibility index (Phi) is 8.38. The van der Waals surface area contributed by atoms with E-state index in [0.29, 0.717) is 17.3 Å². The van der Waals surface area contributed by atoms with E-state index < -0.39 is 6.17 Å². The van der Waals surface area contributed by atoms with E-state index in [2.05, 4.69) is 11.4 Å². The van der Waals surface area contributed by atoms with E-state index in [1.54, 1.807) is 0 Å².